The highest BCUT2D eigenvalue weighted by Crippen LogP contribution is 2.20. The van der Waals surface area contributed by atoms with Gasteiger partial charge in [0.2, 0.25) is 0 Å². The van der Waals surface area contributed by atoms with Gasteiger partial charge in [-0.3, -0.25) is 4.79 Å². The number of hydrogen-bond donors (Lipinski definition) is 1. The molecule has 1 aromatic heterocycles. The smallest absolute Gasteiger partial charge is 0.264 e. The maximum absolute atomic E-state index is 10.7. The summed E-state index contributed by atoms with van der Waals surface area (Å²) >= 11 is 0. The van der Waals surface area contributed by atoms with Crippen LogP contribution >= 0.6 is 0 Å². The van der Waals surface area contributed by atoms with Crippen molar-refractivity contribution >= 4 is 5.82 Å². The monoisotopic (exact) mass is 176 g/mol. The second-order valence-electron chi connectivity index (χ2n) is 3.01. The zero-order chi connectivity index (χ0) is 9.26. The Hall–Kier alpha value is -1.83. The molecule has 2 rings (SSSR count). The molecule has 0 unspecified atom stereocenters. The molecule has 5 heteroatoms. The second kappa shape index (κ2) is 2.90. The third kappa shape index (κ3) is 1.38. The highest BCUT2D eigenvalue weighted by molar-refractivity contribution is 5.40. The van der Waals surface area contributed by atoms with Gasteiger partial charge < -0.3 is 4.90 Å². The minimum Gasteiger partial charge on any atom is -0.352 e. The number of rotatable bonds is 1. The largest absolute Gasteiger partial charge is 0.352 e. The van der Waals surface area contributed by atoms with E-state index in [0.29, 0.717) is 13.1 Å². The van der Waals surface area contributed by atoms with Crippen molar-refractivity contribution in [3.05, 3.63) is 22.5 Å². The summed E-state index contributed by atoms with van der Waals surface area (Å²) in [6.45, 7) is 1.41. The maximum atomic E-state index is 10.7. The molecule has 5 nitrogen and oxygen atoms in total. The average Bonchev–Trinajstić information content (AvgIpc) is 2.06. The van der Waals surface area contributed by atoms with Crippen LogP contribution in [0.25, 0.3) is 0 Å². The molecule has 1 aliphatic rings. The Morgan fingerprint density at radius 2 is 2.38 bits per heavy atom. The van der Waals surface area contributed by atoms with E-state index in [2.05, 4.69) is 16.3 Å². The lowest BCUT2D eigenvalue weighted by Gasteiger charge is -2.35. The molecule has 1 aromatic rings. The lowest BCUT2D eigenvalue weighted by molar-refractivity contribution is 0.497. The summed E-state index contributed by atoms with van der Waals surface area (Å²) in [5, 5.41) is 14.7. The molecule has 66 valence electrons. The molecule has 0 bridgehead atoms. The van der Waals surface area contributed by atoms with Crippen LogP contribution in [0.5, 0.6) is 0 Å². The number of aromatic amines is 1. The molecule has 13 heavy (non-hydrogen) atoms. The van der Waals surface area contributed by atoms with Gasteiger partial charge in [0, 0.05) is 19.2 Å². The minimum atomic E-state index is -0.207. The van der Waals surface area contributed by atoms with Crippen LogP contribution in [-0.4, -0.2) is 23.3 Å². The van der Waals surface area contributed by atoms with Gasteiger partial charge in [-0.1, -0.05) is 0 Å². The van der Waals surface area contributed by atoms with Gasteiger partial charge in [-0.15, -0.1) is 0 Å². The molecule has 0 aromatic carbocycles. The highest BCUT2D eigenvalue weighted by Gasteiger charge is 2.27. The van der Waals surface area contributed by atoms with Crippen molar-refractivity contribution in [2.75, 3.05) is 18.0 Å². The second-order valence-corrected chi connectivity index (χ2v) is 3.01. The summed E-state index contributed by atoms with van der Waals surface area (Å²) in [4.78, 5) is 12.6. The lowest BCUT2D eigenvalue weighted by atomic mass is 10.0. The van der Waals surface area contributed by atoms with Crippen molar-refractivity contribution in [2.24, 2.45) is 5.92 Å². The SMILES string of the molecule is N#CC1CN(c2ccc(=O)[nH]n2)C1. The van der Waals surface area contributed by atoms with Gasteiger partial charge in [0.1, 0.15) is 5.82 Å². The Morgan fingerprint density at radius 1 is 1.62 bits per heavy atom. The molecular weight excluding hydrogens is 168 g/mol. The fraction of sp³-hybridized carbons (Fsp3) is 0.375. The van der Waals surface area contributed by atoms with Gasteiger partial charge in [-0.2, -0.15) is 10.4 Å². The first kappa shape index (κ1) is 7.80. The van der Waals surface area contributed by atoms with Crippen molar-refractivity contribution in [3.8, 4) is 6.07 Å². The summed E-state index contributed by atoms with van der Waals surface area (Å²) in [6.07, 6.45) is 0. The van der Waals surface area contributed by atoms with Crippen molar-refractivity contribution in [1.82, 2.24) is 10.2 Å². The lowest BCUT2D eigenvalue weighted by Crippen LogP contribution is -2.46. The van der Waals surface area contributed by atoms with E-state index in [4.69, 9.17) is 5.26 Å². The summed E-state index contributed by atoms with van der Waals surface area (Å²) in [5.74, 6) is 0.833. The fourth-order valence-corrected chi connectivity index (χ4v) is 1.26. The first-order valence-electron chi connectivity index (χ1n) is 4.00. The number of nitriles is 1. The minimum absolute atomic E-state index is 0.105. The van der Waals surface area contributed by atoms with E-state index >= 15 is 0 Å². The van der Waals surface area contributed by atoms with E-state index in [1.54, 1.807) is 6.07 Å². The number of H-pyrrole nitrogens is 1. The first-order valence-corrected chi connectivity index (χ1v) is 4.00. The van der Waals surface area contributed by atoms with Crippen LogP contribution in [0, 0.1) is 17.2 Å². The summed E-state index contributed by atoms with van der Waals surface area (Å²) in [6, 6.07) is 5.26. The summed E-state index contributed by atoms with van der Waals surface area (Å²) in [5.41, 5.74) is -0.207. The van der Waals surface area contributed by atoms with E-state index in [1.807, 2.05) is 4.90 Å². The van der Waals surface area contributed by atoms with Gasteiger partial charge >= 0.3 is 0 Å². The van der Waals surface area contributed by atoms with Crippen LogP contribution < -0.4 is 10.5 Å². The van der Waals surface area contributed by atoms with Crippen LogP contribution in [0.2, 0.25) is 0 Å². The molecule has 0 spiro atoms. The zero-order valence-electron chi connectivity index (χ0n) is 6.90. The van der Waals surface area contributed by atoms with E-state index < -0.39 is 0 Å². The zero-order valence-corrected chi connectivity index (χ0v) is 6.90. The van der Waals surface area contributed by atoms with Gasteiger partial charge in [0.05, 0.1) is 12.0 Å². The number of aromatic nitrogens is 2. The molecule has 1 aliphatic heterocycles. The van der Waals surface area contributed by atoms with E-state index in [-0.39, 0.29) is 11.5 Å². The number of nitrogens with one attached hydrogen (secondary N) is 1. The van der Waals surface area contributed by atoms with Crippen molar-refractivity contribution in [1.29, 1.82) is 5.26 Å². The van der Waals surface area contributed by atoms with E-state index in [9.17, 15) is 4.79 Å². The highest BCUT2D eigenvalue weighted by atomic mass is 16.1. The predicted octanol–water partition coefficient (Wildman–Crippen LogP) is -0.270. The Balaban J connectivity index is 2.08. The first-order chi connectivity index (χ1) is 6.29. The molecule has 1 N–H and O–H groups in total. The number of anilines is 1. The third-order valence-corrected chi connectivity index (χ3v) is 2.05. The van der Waals surface area contributed by atoms with Crippen molar-refractivity contribution < 1.29 is 0 Å². The third-order valence-electron chi connectivity index (χ3n) is 2.05. The molecule has 0 aliphatic carbocycles. The normalized spacial score (nSPS) is 16.4. The van der Waals surface area contributed by atoms with Gasteiger partial charge in [-0.05, 0) is 6.07 Å². The van der Waals surface area contributed by atoms with Crippen LogP contribution in [0.1, 0.15) is 0 Å². The van der Waals surface area contributed by atoms with Crippen LogP contribution in [0.3, 0.4) is 0 Å². The van der Waals surface area contributed by atoms with E-state index in [1.165, 1.54) is 6.07 Å². The van der Waals surface area contributed by atoms with E-state index in [0.717, 1.165) is 5.82 Å². The molecule has 0 amide bonds. The fourth-order valence-electron chi connectivity index (χ4n) is 1.26. The molecule has 1 fully saturated rings. The Labute approximate surface area is 74.6 Å². The topological polar surface area (TPSA) is 72.8 Å². The number of hydrogen-bond acceptors (Lipinski definition) is 4. The van der Waals surface area contributed by atoms with Gasteiger partial charge in [-0.25, -0.2) is 5.10 Å². The molecule has 0 radical (unpaired) electrons. The molecule has 0 saturated carbocycles. The summed E-state index contributed by atoms with van der Waals surface area (Å²) in [7, 11) is 0. The summed E-state index contributed by atoms with van der Waals surface area (Å²) < 4.78 is 0. The average molecular weight is 176 g/mol. The van der Waals surface area contributed by atoms with Crippen molar-refractivity contribution in [2.45, 2.75) is 0 Å². The predicted molar refractivity (Wildman–Crippen MR) is 46.2 cm³/mol. The molecular formula is C8H8N4O. The van der Waals surface area contributed by atoms with Gasteiger partial charge in [0.15, 0.2) is 0 Å². The molecule has 0 atom stereocenters. The standard InChI is InChI=1S/C8H8N4O/c9-3-6-4-12(5-6)7-1-2-8(13)11-10-7/h1-2,6H,4-5H2,(H,11,13). The Kier molecular flexibility index (Phi) is 1.74. The maximum Gasteiger partial charge on any atom is 0.264 e. The van der Waals surface area contributed by atoms with Crippen LogP contribution in [0.15, 0.2) is 16.9 Å². The van der Waals surface area contributed by atoms with Crippen LogP contribution in [0.4, 0.5) is 5.82 Å². The number of nitrogens with zero attached hydrogens (tertiary/aromatic N) is 3. The molecule has 1 saturated heterocycles. The Morgan fingerprint density at radius 3 is 2.92 bits per heavy atom. The van der Waals surface area contributed by atoms with Crippen molar-refractivity contribution in [3.63, 3.8) is 0 Å². The van der Waals surface area contributed by atoms with Gasteiger partial charge in [0.25, 0.3) is 5.56 Å². The Bertz CT molecular complexity index is 379. The molecule has 2 heterocycles. The van der Waals surface area contributed by atoms with Crippen LogP contribution in [-0.2, 0) is 0 Å². The quantitative estimate of drug-likeness (QED) is 0.639.